The van der Waals surface area contributed by atoms with Crippen LogP contribution in [0.2, 0.25) is 0 Å². The van der Waals surface area contributed by atoms with Crippen LogP contribution < -0.4 is 10.1 Å². The highest BCUT2D eigenvalue weighted by molar-refractivity contribution is 7.89. The fourth-order valence-electron chi connectivity index (χ4n) is 4.75. The van der Waals surface area contributed by atoms with Crippen molar-refractivity contribution in [1.29, 1.82) is 0 Å². The molecule has 1 N–H and O–H groups in total. The van der Waals surface area contributed by atoms with E-state index < -0.39 is 10.0 Å². The number of nitrogens with zero attached hydrogens (tertiary/aromatic N) is 2. The van der Waals surface area contributed by atoms with Crippen molar-refractivity contribution in [3.63, 3.8) is 0 Å². The van der Waals surface area contributed by atoms with Gasteiger partial charge in [0.1, 0.15) is 10.6 Å². The van der Waals surface area contributed by atoms with Crippen LogP contribution >= 0.6 is 0 Å². The molecule has 0 bridgehead atoms. The normalized spacial score (nSPS) is 24.3. The van der Waals surface area contributed by atoms with Crippen LogP contribution in [0.15, 0.2) is 23.1 Å². The number of carbonyl (C=O) groups excluding carboxylic acids is 1. The number of morpholine rings is 1. The Morgan fingerprint density at radius 3 is 2.31 bits per heavy atom. The Morgan fingerprint density at radius 1 is 1.12 bits per heavy atom. The van der Waals surface area contributed by atoms with Gasteiger partial charge in [0.2, 0.25) is 15.9 Å². The van der Waals surface area contributed by atoms with Crippen LogP contribution in [-0.4, -0.2) is 75.1 Å². The van der Waals surface area contributed by atoms with E-state index in [2.05, 4.69) is 10.2 Å². The first kappa shape index (κ1) is 25.0. The quantitative estimate of drug-likeness (QED) is 0.663. The van der Waals surface area contributed by atoms with Gasteiger partial charge in [-0.25, -0.2) is 8.42 Å². The number of hydrogen-bond donors (Lipinski definition) is 1. The molecule has 0 radical (unpaired) electrons. The van der Waals surface area contributed by atoms with E-state index in [-0.39, 0.29) is 40.7 Å². The Hall–Kier alpha value is -1.68. The van der Waals surface area contributed by atoms with Gasteiger partial charge in [0.25, 0.3) is 0 Å². The molecule has 2 aliphatic rings. The fourth-order valence-corrected chi connectivity index (χ4v) is 6.45. The molecule has 1 aromatic carbocycles. The third-order valence-corrected chi connectivity index (χ3v) is 8.03. The molecule has 0 aliphatic carbocycles. The lowest BCUT2D eigenvalue weighted by Gasteiger charge is -2.41. The van der Waals surface area contributed by atoms with Crippen LogP contribution in [0.3, 0.4) is 0 Å². The summed E-state index contributed by atoms with van der Waals surface area (Å²) in [5.74, 6) is 0.222. The SMILES string of the molecule is COc1ccc(NC(=O)C(C(C)C)N2CC(C)OC(C)C2)cc1S(=O)(=O)N1CCCCC1. The van der Waals surface area contributed by atoms with Gasteiger partial charge in [0.05, 0.1) is 25.4 Å². The molecule has 180 valence electrons. The van der Waals surface area contributed by atoms with Crippen molar-refractivity contribution < 1.29 is 22.7 Å². The minimum Gasteiger partial charge on any atom is -0.495 e. The van der Waals surface area contributed by atoms with E-state index >= 15 is 0 Å². The lowest BCUT2D eigenvalue weighted by Crippen LogP contribution is -2.55. The number of amides is 1. The third kappa shape index (κ3) is 5.62. The van der Waals surface area contributed by atoms with Gasteiger partial charge in [-0.1, -0.05) is 20.3 Å². The summed E-state index contributed by atoms with van der Waals surface area (Å²) < 4.78 is 39.2. The molecule has 1 amide bonds. The van der Waals surface area contributed by atoms with E-state index in [1.807, 2.05) is 27.7 Å². The number of nitrogens with one attached hydrogen (secondary N) is 1. The van der Waals surface area contributed by atoms with E-state index in [0.717, 1.165) is 19.3 Å². The zero-order chi connectivity index (χ0) is 23.5. The van der Waals surface area contributed by atoms with Crippen molar-refractivity contribution in [3.8, 4) is 5.75 Å². The van der Waals surface area contributed by atoms with Crippen LogP contribution in [0.4, 0.5) is 5.69 Å². The Labute approximate surface area is 192 Å². The zero-order valence-electron chi connectivity index (χ0n) is 19.8. The Morgan fingerprint density at radius 2 is 1.75 bits per heavy atom. The van der Waals surface area contributed by atoms with E-state index in [1.54, 1.807) is 12.1 Å². The van der Waals surface area contributed by atoms with Gasteiger partial charge in [0, 0.05) is 31.9 Å². The molecule has 0 spiro atoms. The molecular weight excluding hydrogens is 430 g/mol. The van der Waals surface area contributed by atoms with Crippen molar-refractivity contribution in [3.05, 3.63) is 18.2 Å². The molecule has 2 aliphatic heterocycles. The van der Waals surface area contributed by atoms with Gasteiger partial charge in [0.15, 0.2) is 0 Å². The summed E-state index contributed by atoms with van der Waals surface area (Å²) in [4.78, 5) is 15.6. The number of carbonyl (C=O) groups is 1. The standard InChI is InChI=1S/C23H37N3O5S/c1-16(2)22(25-14-17(3)31-18(4)15-25)23(27)24-19-9-10-20(30-5)21(13-19)32(28,29)26-11-7-6-8-12-26/h9-10,13,16-18,22H,6-8,11-12,14-15H2,1-5H3,(H,24,27). The first-order valence-corrected chi connectivity index (χ1v) is 13.0. The first-order valence-electron chi connectivity index (χ1n) is 11.5. The van der Waals surface area contributed by atoms with E-state index in [9.17, 15) is 13.2 Å². The summed E-state index contributed by atoms with van der Waals surface area (Å²) in [6, 6.07) is 4.47. The van der Waals surface area contributed by atoms with Crippen LogP contribution in [-0.2, 0) is 19.6 Å². The monoisotopic (exact) mass is 467 g/mol. The second-order valence-corrected chi connectivity index (χ2v) is 11.1. The summed E-state index contributed by atoms with van der Waals surface area (Å²) in [5.41, 5.74) is 0.450. The first-order chi connectivity index (χ1) is 15.1. The van der Waals surface area contributed by atoms with Gasteiger partial charge < -0.3 is 14.8 Å². The maximum absolute atomic E-state index is 13.3. The molecule has 1 aromatic rings. The molecule has 3 atom stereocenters. The Bertz CT molecular complexity index is 889. The minimum atomic E-state index is -3.70. The molecule has 9 heteroatoms. The van der Waals surface area contributed by atoms with Crippen LogP contribution in [0.25, 0.3) is 0 Å². The molecule has 2 fully saturated rings. The summed E-state index contributed by atoms with van der Waals surface area (Å²) in [5, 5.41) is 2.96. The summed E-state index contributed by atoms with van der Waals surface area (Å²) >= 11 is 0. The Kier molecular flexibility index (Phi) is 8.19. The highest BCUT2D eigenvalue weighted by Gasteiger charge is 2.35. The van der Waals surface area contributed by atoms with Crippen LogP contribution in [0.5, 0.6) is 5.75 Å². The molecule has 3 rings (SSSR count). The molecule has 2 saturated heterocycles. The minimum absolute atomic E-state index is 0.0510. The topological polar surface area (TPSA) is 88.2 Å². The largest absolute Gasteiger partial charge is 0.495 e. The van der Waals surface area contributed by atoms with Gasteiger partial charge >= 0.3 is 0 Å². The lowest BCUT2D eigenvalue weighted by atomic mass is 9.99. The van der Waals surface area contributed by atoms with Crippen molar-refractivity contribution in [2.24, 2.45) is 5.92 Å². The van der Waals surface area contributed by atoms with Gasteiger partial charge in [-0.2, -0.15) is 4.31 Å². The second kappa shape index (κ2) is 10.5. The van der Waals surface area contributed by atoms with Crippen LogP contribution in [0.1, 0.15) is 47.0 Å². The second-order valence-electron chi connectivity index (χ2n) is 9.22. The number of benzene rings is 1. The number of rotatable bonds is 7. The smallest absolute Gasteiger partial charge is 0.246 e. The summed E-state index contributed by atoms with van der Waals surface area (Å²) in [6.07, 6.45) is 2.84. The third-order valence-electron chi connectivity index (χ3n) is 6.11. The highest BCUT2D eigenvalue weighted by atomic mass is 32.2. The van der Waals surface area contributed by atoms with E-state index in [4.69, 9.17) is 9.47 Å². The van der Waals surface area contributed by atoms with E-state index in [1.165, 1.54) is 17.5 Å². The lowest BCUT2D eigenvalue weighted by molar-refractivity contribution is -0.130. The molecule has 8 nitrogen and oxygen atoms in total. The van der Waals surface area contributed by atoms with Gasteiger partial charge in [-0.05, 0) is 50.8 Å². The molecular formula is C23H37N3O5S. The number of hydrogen-bond acceptors (Lipinski definition) is 6. The van der Waals surface area contributed by atoms with Gasteiger partial charge in [-0.3, -0.25) is 9.69 Å². The zero-order valence-corrected chi connectivity index (χ0v) is 20.7. The van der Waals surface area contributed by atoms with Crippen molar-refractivity contribution in [1.82, 2.24) is 9.21 Å². The molecule has 0 aromatic heterocycles. The molecule has 32 heavy (non-hydrogen) atoms. The average Bonchev–Trinajstić information content (AvgIpc) is 2.73. The van der Waals surface area contributed by atoms with Crippen LogP contribution in [0, 0.1) is 5.92 Å². The predicted octanol–water partition coefficient (Wildman–Crippen LogP) is 2.94. The van der Waals surface area contributed by atoms with Crippen molar-refractivity contribution in [2.45, 2.75) is 70.1 Å². The molecule has 0 saturated carbocycles. The Balaban J connectivity index is 1.84. The van der Waals surface area contributed by atoms with Gasteiger partial charge in [-0.15, -0.1) is 0 Å². The number of ether oxygens (including phenoxy) is 2. The maximum atomic E-state index is 13.3. The van der Waals surface area contributed by atoms with E-state index in [0.29, 0.717) is 31.9 Å². The number of anilines is 1. The number of sulfonamides is 1. The molecule has 3 unspecified atom stereocenters. The number of piperidine rings is 1. The van der Waals surface area contributed by atoms with Crippen molar-refractivity contribution >= 4 is 21.6 Å². The summed E-state index contributed by atoms with van der Waals surface area (Å²) in [7, 11) is -2.25. The highest BCUT2D eigenvalue weighted by Crippen LogP contribution is 2.31. The fraction of sp³-hybridized carbons (Fsp3) is 0.696. The predicted molar refractivity (Wildman–Crippen MR) is 124 cm³/mol. The summed E-state index contributed by atoms with van der Waals surface area (Å²) in [6.45, 7) is 10.4. The molecule has 2 heterocycles. The number of methoxy groups -OCH3 is 1. The average molecular weight is 468 g/mol. The maximum Gasteiger partial charge on any atom is 0.246 e. The van der Waals surface area contributed by atoms with Crippen molar-refractivity contribution in [2.75, 3.05) is 38.6 Å².